The van der Waals surface area contributed by atoms with Gasteiger partial charge >= 0.3 is 0 Å². The van der Waals surface area contributed by atoms with Crippen LogP contribution in [0.1, 0.15) is 18.3 Å². The van der Waals surface area contributed by atoms with Gasteiger partial charge in [-0.25, -0.2) is 4.98 Å². The summed E-state index contributed by atoms with van der Waals surface area (Å²) < 4.78 is 0. The molecule has 66 valence electrons. The Balaban J connectivity index is 2.68. The van der Waals surface area contributed by atoms with Crippen molar-refractivity contribution in [3.63, 3.8) is 0 Å². The second-order valence-corrected chi connectivity index (χ2v) is 3.07. The zero-order valence-corrected chi connectivity index (χ0v) is 7.78. The molecular formula is C10H11N3. The van der Waals surface area contributed by atoms with Gasteiger partial charge in [-0.2, -0.15) is 0 Å². The zero-order valence-electron chi connectivity index (χ0n) is 7.78. The molecule has 3 nitrogen and oxygen atoms in total. The van der Waals surface area contributed by atoms with Gasteiger partial charge in [-0.05, 0) is 24.6 Å². The maximum atomic E-state index is 4.38. The molecular weight excluding hydrogens is 162 g/mol. The van der Waals surface area contributed by atoms with Crippen molar-refractivity contribution in [3.8, 4) is 0 Å². The van der Waals surface area contributed by atoms with E-state index < -0.39 is 0 Å². The Bertz CT molecular complexity index is 437. The first-order valence-electron chi connectivity index (χ1n) is 4.39. The molecule has 0 aliphatic rings. The van der Waals surface area contributed by atoms with Gasteiger partial charge in [0.15, 0.2) is 5.82 Å². The summed E-state index contributed by atoms with van der Waals surface area (Å²) in [6, 6.07) is 6.00. The minimum absolute atomic E-state index is 0.804. The van der Waals surface area contributed by atoms with Gasteiger partial charge in [-0.1, -0.05) is 13.0 Å². The largest absolute Gasteiger partial charge is 0.229 e. The third-order valence-electron chi connectivity index (χ3n) is 1.97. The third kappa shape index (κ3) is 1.49. The predicted octanol–water partition coefficient (Wildman–Crippen LogP) is 1.90. The molecule has 2 rings (SSSR count). The van der Waals surface area contributed by atoms with E-state index in [4.69, 9.17) is 0 Å². The average molecular weight is 173 g/mol. The number of aromatic nitrogens is 3. The molecule has 1 aromatic carbocycles. The molecule has 3 heteroatoms. The minimum atomic E-state index is 0.804. The van der Waals surface area contributed by atoms with Crippen molar-refractivity contribution in [2.45, 2.75) is 20.3 Å². The lowest BCUT2D eigenvalue weighted by molar-refractivity contribution is 0.880. The number of hydrogen-bond donors (Lipinski definition) is 0. The summed E-state index contributed by atoms with van der Waals surface area (Å²) in [6.07, 6.45) is 0.830. The second kappa shape index (κ2) is 3.09. The number of hydrogen-bond acceptors (Lipinski definition) is 3. The average Bonchev–Trinajstić information content (AvgIpc) is 2.16. The third-order valence-corrected chi connectivity index (χ3v) is 1.97. The Morgan fingerprint density at radius 2 is 2.00 bits per heavy atom. The molecule has 1 aromatic heterocycles. The lowest BCUT2D eigenvalue weighted by Gasteiger charge is -1.98. The van der Waals surface area contributed by atoms with Crippen molar-refractivity contribution in [1.82, 2.24) is 15.2 Å². The minimum Gasteiger partial charge on any atom is -0.229 e. The van der Waals surface area contributed by atoms with Gasteiger partial charge in [-0.15, -0.1) is 10.2 Å². The van der Waals surface area contributed by atoms with Crippen molar-refractivity contribution in [3.05, 3.63) is 29.6 Å². The molecule has 2 aromatic rings. The van der Waals surface area contributed by atoms with Crippen molar-refractivity contribution in [1.29, 1.82) is 0 Å². The molecule has 0 radical (unpaired) electrons. The number of aryl methyl sites for hydroxylation is 2. The molecule has 0 aliphatic heterocycles. The van der Waals surface area contributed by atoms with Gasteiger partial charge in [0.2, 0.25) is 0 Å². The lowest BCUT2D eigenvalue weighted by Crippen LogP contribution is -1.96. The van der Waals surface area contributed by atoms with Gasteiger partial charge in [0, 0.05) is 6.42 Å². The number of fused-ring (bicyclic) bond motifs is 1. The van der Waals surface area contributed by atoms with Gasteiger partial charge in [0.25, 0.3) is 0 Å². The molecule has 0 bridgehead atoms. The molecule has 0 amide bonds. The first-order chi connectivity index (χ1) is 6.29. The zero-order chi connectivity index (χ0) is 9.26. The molecule has 0 aliphatic carbocycles. The Morgan fingerprint density at radius 1 is 1.15 bits per heavy atom. The number of rotatable bonds is 1. The maximum absolute atomic E-state index is 4.38. The van der Waals surface area contributed by atoms with E-state index in [0.717, 1.165) is 23.3 Å². The van der Waals surface area contributed by atoms with E-state index in [1.807, 2.05) is 32.0 Å². The quantitative estimate of drug-likeness (QED) is 0.661. The van der Waals surface area contributed by atoms with Crippen LogP contribution in [0.3, 0.4) is 0 Å². The molecule has 0 spiro atoms. The van der Waals surface area contributed by atoms with E-state index in [1.54, 1.807) is 0 Å². The fourth-order valence-corrected chi connectivity index (χ4v) is 1.23. The van der Waals surface area contributed by atoms with Crippen molar-refractivity contribution in [2.24, 2.45) is 0 Å². The van der Waals surface area contributed by atoms with Crippen molar-refractivity contribution >= 4 is 11.0 Å². The number of benzene rings is 1. The fourth-order valence-electron chi connectivity index (χ4n) is 1.23. The summed E-state index contributed by atoms with van der Waals surface area (Å²) >= 11 is 0. The van der Waals surface area contributed by atoms with Gasteiger partial charge < -0.3 is 0 Å². The molecule has 0 unspecified atom stereocenters. The summed E-state index contributed by atoms with van der Waals surface area (Å²) in [6.45, 7) is 4.08. The fraction of sp³-hybridized carbons (Fsp3) is 0.300. The smallest absolute Gasteiger partial charge is 0.151 e. The van der Waals surface area contributed by atoms with Crippen LogP contribution in [0.2, 0.25) is 0 Å². The monoisotopic (exact) mass is 173 g/mol. The SMILES string of the molecule is CCc1nnc2ccc(C)cc2n1. The van der Waals surface area contributed by atoms with E-state index in [-0.39, 0.29) is 0 Å². The van der Waals surface area contributed by atoms with E-state index >= 15 is 0 Å². The summed E-state index contributed by atoms with van der Waals surface area (Å²) in [5, 5.41) is 8.07. The van der Waals surface area contributed by atoms with Crippen molar-refractivity contribution in [2.75, 3.05) is 0 Å². The highest BCUT2D eigenvalue weighted by Gasteiger charge is 1.99. The molecule has 1 heterocycles. The molecule has 0 N–H and O–H groups in total. The Labute approximate surface area is 76.8 Å². The van der Waals surface area contributed by atoms with E-state index in [0.29, 0.717) is 0 Å². The first-order valence-corrected chi connectivity index (χ1v) is 4.39. The van der Waals surface area contributed by atoms with E-state index in [9.17, 15) is 0 Å². The summed E-state index contributed by atoms with van der Waals surface area (Å²) in [7, 11) is 0. The van der Waals surface area contributed by atoms with Crippen LogP contribution in [0.4, 0.5) is 0 Å². The molecule has 0 saturated carbocycles. The summed E-state index contributed by atoms with van der Waals surface area (Å²) in [5.74, 6) is 0.804. The van der Waals surface area contributed by atoms with Crippen LogP contribution in [0.15, 0.2) is 18.2 Å². The van der Waals surface area contributed by atoms with Gasteiger partial charge in [0.1, 0.15) is 5.52 Å². The van der Waals surface area contributed by atoms with Crippen LogP contribution in [0.5, 0.6) is 0 Å². The van der Waals surface area contributed by atoms with E-state index in [1.165, 1.54) is 5.56 Å². The van der Waals surface area contributed by atoms with Gasteiger partial charge in [-0.3, -0.25) is 0 Å². The Kier molecular flexibility index (Phi) is 1.93. The van der Waals surface area contributed by atoms with E-state index in [2.05, 4.69) is 15.2 Å². The van der Waals surface area contributed by atoms with Crippen LogP contribution < -0.4 is 0 Å². The number of nitrogens with zero attached hydrogens (tertiary/aromatic N) is 3. The lowest BCUT2D eigenvalue weighted by atomic mass is 10.2. The van der Waals surface area contributed by atoms with Crippen LogP contribution in [-0.4, -0.2) is 15.2 Å². The van der Waals surface area contributed by atoms with Crippen LogP contribution >= 0.6 is 0 Å². The Hall–Kier alpha value is -1.51. The molecule has 0 saturated heterocycles. The predicted molar refractivity (Wildman–Crippen MR) is 51.4 cm³/mol. The van der Waals surface area contributed by atoms with Crippen LogP contribution in [0, 0.1) is 6.92 Å². The van der Waals surface area contributed by atoms with Crippen LogP contribution in [0.25, 0.3) is 11.0 Å². The molecule has 0 fully saturated rings. The topological polar surface area (TPSA) is 38.7 Å². The standard InChI is InChI=1S/C10H11N3/c1-3-10-11-9-6-7(2)4-5-8(9)12-13-10/h4-6H,3H2,1-2H3. The van der Waals surface area contributed by atoms with Crippen LogP contribution in [-0.2, 0) is 6.42 Å². The highest BCUT2D eigenvalue weighted by Crippen LogP contribution is 2.10. The highest BCUT2D eigenvalue weighted by molar-refractivity contribution is 5.74. The first kappa shape index (κ1) is 8.10. The second-order valence-electron chi connectivity index (χ2n) is 3.07. The maximum Gasteiger partial charge on any atom is 0.151 e. The van der Waals surface area contributed by atoms with Gasteiger partial charge in [0.05, 0.1) is 5.52 Å². The Morgan fingerprint density at radius 3 is 2.77 bits per heavy atom. The summed E-state index contributed by atoms with van der Waals surface area (Å²) in [5.41, 5.74) is 3.00. The molecule has 0 atom stereocenters. The summed E-state index contributed by atoms with van der Waals surface area (Å²) in [4.78, 5) is 4.38. The highest BCUT2D eigenvalue weighted by atomic mass is 15.1. The molecule has 13 heavy (non-hydrogen) atoms. The normalized spacial score (nSPS) is 10.6. The van der Waals surface area contributed by atoms with Crippen molar-refractivity contribution < 1.29 is 0 Å².